The minimum atomic E-state index is 0.681. The third-order valence-corrected chi connectivity index (χ3v) is 4.86. The van der Waals surface area contributed by atoms with Crippen molar-refractivity contribution in [2.45, 2.75) is 70.0 Å². The smallest absolute Gasteiger partial charge is 0.0350 e. The second kappa shape index (κ2) is 7.61. The van der Waals surface area contributed by atoms with Crippen LogP contribution in [0.25, 0.3) is 0 Å². The second-order valence-corrected chi connectivity index (χ2v) is 6.90. The largest absolute Gasteiger partial charge is 0.313 e. The molecule has 1 N–H and O–H groups in total. The topological polar surface area (TPSA) is 18.5 Å². The van der Waals surface area contributed by atoms with E-state index in [1.807, 2.05) is 0 Å². The van der Waals surface area contributed by atoms with Crippen LogP contribution in [0.2, 0.25) is 0 Å². The van der Waals surface area contributed by atoms with Crippen LogP contribution in [0.1, 0.15) is 51.9 Å². The van der Waals surface area contributed by atoms with Gasteiger partial charge in [0.15, 0.2) is 0 Å². The van der Waals surface area contributed by atoms with E-state index < -0.39 is 0 Å². The van der Waals surface area contributed by atoms with E-state index in [1.54, 1.807) is 0 Å². The molecule has 2 atom stereocenters. The lowest BCUT2D eigenvalue weighted by molar-refractivity contribution is 0.109. The van der Waals surface area contributed by atoms with Gasteiger partial charge in [-0.1, -0.05) is 25.7 Å². The molecule has 2 aliphatic rings. The Morgan fingerprint density at radius 3 is 2.37 bits per heavy atom. The van der Waals surface area contributed by atoms with E-state index in [1.165, 1.54) is 58.0 Å². The van der Waals surface area contributed by atoms with Gasteiger partial charge in [0, 0.05) is 37.8 Å². The molecule has 2 rings (SSSR count). The summed E-state index contributed by atoms with van der Waals surface area (Å²) in [6.45, 7) is 5.98. The van der Waals surface area contributed by atoms with Crippen LogP contribution >= 0.6 is 0 Å². The Hall–Kier alpha value is -0.120. The number of nitrogens with one attached hydrogen (secondary N) is 1. The molecule has 2 fully saturated rings. The average molecular weight is 267 g/mol. The molecule has 1 saturated heterocycles. The molecule has 19 heavy (non-hydrogen) atoms. The van der Waals surface area contributed by atoms with Crippen molar-refractivity contribution < 1.29 is 0 Å². The molecule has 0 radical (unpaired) electrons. The first-order valence-corrected chi connectivity index (χ1v) is 8.30. The summed E-state index contributed by atoms with van der Waals surface area (Å²) in [7, 11) is 4.42. The third-order valence-electron chi connectivity index (χ3n) is 4.86. The van der Waals surface area contributed by atoms with Crippen molar-refractivity contribution in [3.05, 3.63) is 0 Å². The fraction of sp³-hybridized carbons (Fsp3) is 1.00. The molecule has 1 heterocycles. The molecule has 0 bridgehead atoms. The van der Waals surface area contributed by atoms with Gasteiger partial charge in [0.2, 0.25) is 0 Å². The molecule has 112 valence electrons. The fourth-order valence-electron chi connectivity index (χ4n) is 3.74. The van der Waals surface area contributed by atoms with E-state index in [2.05, 4.69) is 36.1 Å². The summed E-state index contributed by atoms with van der Waals surface area (Å²) in [6, 6.07) is 2.23. The van der Waals surface area contributed by atoms with Gasteiger partial charge in [0.05, 0.1) is 0 Å². The van der Waals surface area contributed by atoms with Crippen LogP contribution in [-0.2, 0) is 0 Å². The quantitative estimate of drug-likeness (QED) is 0.792. The van der Waals surface area contributed by atoms with Crippen molar-refractivity contribution in [1.29, 1.82) is 0 Å². The summed E-state index contributed by atoms with van der Waals surface area (Å²) in [6.07, 6.45) is 9.96. The summed E-state index contributed by atoms with van der Waals surface area (Å²) in [5, 5.41) is 3.72. The predicted molar refractivity (Wildman–Crippen MR) is 82.6 cm³/mol. The standard InChI is InChI=1S/C16H33N3/c1-14-10-11-19(15-8-6-4-5-7-9-15)16(12-17-14)13-18(2)3/h14-17H,4-13H2,1-3H3. The molecule has 1 aliphatic carbocycles. The summed E-state index contributed by atoms with van der Waals surface area (Å²) in [5.74, 6) is 0. The number of likely N-dealkylation sites (N-methyl/N-ethyl adjacent to an activating group) is 1. The first-order valence-electron chi connectivity index (χ1n) is 8.30. The van der Waals surface area contributed by atoms with E-state index in [-0.39, 0.29) is 0 Å². The van der Waals surface area contributed by atoms with Crippen LogP contribution in [-0.4, -0.2) is 61.7 Å². The maximum atomic E-state index is 3.72. The van der Waals surface area contributed by atoms with Crippen LogP contribution in [0.15, 0.2) is 0 Å². The Morgan fingerprint density at radius 2 is 1.74 bits per heavy atom. The SMILES string of the molecule is CC1CCN(C2CCCCCC2)C(CN(C)C)CN1. The highest BCUT2D eigenvalue weighted by Gasteiger charge is 2.29. The summed E-state index contributed by atoms with van der Waals surface area (Å²) >= 11 is 0. The van der Waals surface area contributed by atoms with Crippen molar-refractivity contribution in [2.75, 3.05) is 33.7 Å². The Labute approximate surface area is 119 Å². The van der Waals surface area contributed by atoms with E-state index in [0.717, 1.165) is 12.6 Å². The van der Waals surface area contributed by atoms with Crippen molar-refractivity contribution in [3.63, 3.8) is 0 Å². The Morgan fingerprint density at radius 1 is 1.05 bits per heavy atom. The minimum Gasteiger partial charge on any atom is -0.313 e. The van der Waals surface area contributed by atoms with Crippen LogP contribution < -0.4 is 5.32 Å². The lowest BCUT2D eigenvalue weighted by Gasteiger charge is -2.37. The van der Waals surface area contributed by atoms with E-state index >= 15 is 0 Å². The third kappa shape index (κ3) is 4.73. The molecule has 2 unspecified atom stereocenters. The van der Waals surface area contributed by atoms with Gasteiger partial charge in [-0.05, 0) is 40.3 Å². The Kier molecular flexibility index (Phi) is 6.11. The Balaban J connectivity index is 2.02. The lowest BCUT2D eigenvalue weighted by atomic mass is 10.0. The van der Waals surface area contributed by atoms with Gasteiger partial charge in [-0.15, -0.1) is 0 Å². The van der Waals surface area contributed by atoms with Crippen LogP contribution in [0.3, 0.4) is 0 Å². The van der Waals surface area contributed by atoms with Crippen LogP contribution in [0, 0.1) is 0 Å². The van der Waals surface area contributed by atoms with Crippen molar-refractivity contribution in [2.24, 2.45) is 0 Å². The highest BCUT2D eigenvalue weighted by molar-refractivity contribution is 4.87. The van der Waals surface area contributed by atoms with Crippen molar-refractivity contribution in [3.8, 4) is 0 Å². The number of hydrogen-bond acceptors (Lipinski definition) is 3. The second-order valence-electron chi connectivity index (χ2n) is 6.90. The average Bonchev–Trinajstić information content (AvgIpc) is 2.71. The molecule has 1 saturated carbocycles. The first kappa shape index (κ1) is 15.3. The zero-order chi connectivity index (χ0) is 13.7. The summed E-state index contributed by atoms with van der Waals surface area (Å²) < 4.78 is 0. The maximum Gasteiger partial charge on any atom is 0.0350 e. The van der Waals surface area contributed by atoms with Crippen molar-refractivity contribution >= 4 is 0 Å². The fourth-order valence-corrected chi connectivity index (χ4v) is 3.74. The highest BCUT2D eigenvalue weighted by atomic mass is 15.3. The van der Waals surface area contributed by atoms with E-state index in [4.69, 9.17) is 0 Å². The molecular weight excluding hydrogens is 234 g/mol. The van der Waals surface area contributed by atoms with Gasteiger partial charge < -0.3 is 10.2 Å². The molecule has 0 aromatic carbocycles. The Bertz CT molecular complexity index is 246. The van der Waals surface area contributed by atoms with Gasteiger partial charge in [-0.3, -0.25) is 4.90 Å². The van der Waals surface area contributed by atoms with Gasteiger partial charge in [0.1, 0.15) is 0 Å². The zero-order valence-corrected chi connectivity index (χ0v) is 13.2. The normalized spacial score (nSPS) is 32.2. The van der Waals surface area contributed by atoms with E-state index in [9.17, 15) is 0 Å². The maximum absolute atomic E-state index is 3.72. The molecule has 3 nitrogen and oxygen atoms in total. The zero-order valence-electron chi connectivity index (χ0n) is 13.2. The monoisotopic (exact) mass is 267 g/mol. The molecule has 0 aromatic rings. The predicted octanol–water partition coefficient (Wildman–Crippen LogP) is 2.32. The molecule has 0 spiro atoms. The molecule has 0 aromatic heterocycles. The van der Waals surface area contributed by atoms with Gasteiger partial charge >= 0.3 is 0 Å². The highest BCUT2D eigenvalue weighted by Crippen LogP contribution is 2.25. The lowest BCUT2D eigenvalue weighted by Crippen LogP contribution is -2.50. The van der Waals surface area contributed by atoms with Crippen molar-refractivity contribution in [1.82, 2.24) is 15.1 Å². The number of rotatable bonds is 3. The number of nitrogens with zero attached hydrogens (tertiary/aromatic N) is 2. The van der Waals surface area contributed by atoms with Gasteiger partial charge in [-0.25, -0.2) is 0 Å². The number of hydrogen-bond donors (Lipinski definition) is 1. The molecule has 0 amide bonds. The molecule has 1 aliphatic heterocycles. The van der Waals surface area contributed by atoms with Crippen LogP contribution in [0.5, 0.6) is 0 Å². The molecular formula is C16H33N3. The first-order chi connectivity index (χ1) is 9.16. The van der Waals surface area contributed by atoms with Gasteiger partial charge in [-0.2, -0.15) is 0 Å². The van der Waals surface area contributed by atoms with Crippen LogP contribution in [0.4, 0.5) is 0 Å². The minimum absolute atomic E-state index is 0.681. The van der Waals surface area contributed by atoms with E-state index in [0.29, 0.717) is 12.1 Å². The summed E-state index contributed by atoms with van der Waals surface area (Å²) in [5.41, 5.74) is 0. The summed E-state index contributed by atoms with van der Waals surface area (Å²) in [4.78, 5) is 5.20. The molecule has 3 heteroatoms. The van der Waals surface area contributed by atoms with Gasteiger partial charge in [0.25, 0.3) is 0 Å².